The van der Waals surface area contributed by atoms with Crippen molar-refractivity contribution in [1.82, 2.24) is 14.8 Å². The van der Waals surface area contributed by atoms with Crippen LogP contribution in [-0.2, 0) is 13.6 Å². The Hall–Kier alpha value is -1.23. The van der Waals surface area contributed by atoms with Crippen molar-refractivity contribution in [1.29, 1.82) is 0 Å². The van der Waals surface area contributed by atoms with Crippen LogP contribution in [0.5, 0.6) is 0 Å². The highest BCUT2D eigenvalue weighted by atomic mass is 31.2. The molecule has 2 rings (SSSR count). The number of nitrogens with zero attached hydrogens (tertiary/aromatic N) is 3. The minimum absolute atomic E-state index is 0.615. The summed E-state index contributed by atoms with van der Waals surface area (Å²) in [4.78, 5) is 0. The Morgan fingerprint density at radius 1 is 1.27 bits per heavy atom. The number of hydrogen-bond donors (Lipinski definition) is 0. The molecule has 1 aromatic heterocycles. The monoisotopic (exact) mass is 227 g/mol. The van der Waals surface area contributed by atoms with Gasteiger partial charge in [-0.1, -0.05) is 17.3 Å². The van der Waals surface area contributed by atoms with Gasteiger partial charge in [0.15, 0.2) is 0 Å². The Kier molecular flexibility index (Phi) is 2.56. The van der Waals surface area contributed by atoms with Crippen molar-refractivity contribution in [2.24, 2.45) is 0 Å². The Labute approximate surface area is 86.4 Å². The van der Waals surface area contributed by atoms with E-state index in [1.165, 1.54) is 18.7 Å². The van der Waals surface area contributed by atoms with Gasteiger partial charge in [0, 0.05) is 14.2 Å². The highest BCUT2D eigenvalue weighted by Crippen LogP contribution is 2.48. The lowest BCUT2D eigenvalue weighted by molar-refractivity contribution is 0.263. The van der Waals surface area contributed by atoms with Gasteiger partial charge in [0.2, 0.25) is 0 Å². The smallest absolute Gasteiger partial charge is 0.294 e. The van der Waals surface area contributed by atoms with Crippen LogP contribution >= 0.6 is 7.75 Å². The van der Waals surface area contributed by atoms with Crippen molar-refractivity contribution in [3.8, 4) is 0 Å². The first-order valence-electron chi connectivity index (χ1n) is 4.24. The fourth-order valence-electron chi connectivity index (χ4n) is 1.27. The number of hydrogen-bond acceptors (Lipinski definition) is 5. The molecular weight excluding hydrogens is 217 g/mol. The standard InChI is InChI=1S/C8H10N3O3P/c1-13-15(12,14-2)11-8-6-4-3-5-7(8)9-10-11/h3-6H,1-2H3. The highest BCUT2D eigenvalue weighted by molar-refractivity contribution is 7.52. The van der Waals surface area contributed by atoms with Crippen LogP contribution in [-0.4, -0.2) is 29.0 Å². The van der Waals surface area contributed by atoms with Crippen molar-refractivity contribution in [3.05, 3.63) is 24.3 Å². The van der Waals surface area contributed by atoms with E-state index in [1.807, 2.05) is 6.07 Å². The van der Waals surface area contributed by atoms with Crippen molar-refractivity contribution in [2.45, 2.75) is 0 Å². The third kappa shape index (κ3) is 1.56. The average Bonchev–Trinajstić information content (AvgIpc) is 2.72. The van der Waals surface area contributed by atoms with E-state index in [2.05, 4.69) is 10.3 Å². The van der Waals surface area contributed by atoms with Crippen LogP contribution in [0.1, 0.15) is 0 Å². The van der Waals surface area contributed by atoms with E-state index in [9.17, 15) is 4.57 Å². The second-order valence-electron chi connectivity index (χ2n) is 2.80. The molecule has 80 valence electrons. The lowest BCUT2D eigenvalue weighted by Crippen LogP contribution is -2.02. The second kappa shape index (κ2) is 3.73. The van der Waals surface area contributed by atoms with Crippen molar-refractivity contribution < 1.29 is 13.6 Å². The quantitative estimate of drug-likeness (QED) is 0.746. The summed E-state index contributed by atoms with van der Waals surface area (Å²) in [5, 5.41) is 7.62. The molecule has 6 nitrogen and oxygen atoms in total. The van der Waals surface area contributed by atoms with Crippen LogP contribution in [0.25, 0.3) is 11.0 Å². The highest BCUT2D eigenvalue weighted by Gasteiger charge is 2.27. The summed E-state index contributed by atoms with van der Waals surface area (Å²) in [6.07, 6.45) is 0. The van der Waals surface area contributed by atoms with Crippen LogP contribution in [0.3, 0.4) is 0 Å². The van der Waals surface area contributed by atoms with E-state index in [0.29, 0.717) is 11.0 Å². The third-order valence-electron chi connectivity index (χ3n) is 2.03. The van der Waals surface area contributed by atoms with E-state index in [1.54, 1.807) is 18.2 Å². The van der Waals surface area contributed by atoms with Crippen molar-refractivity contribution in [3.63, 3.8) is 0 Å². The van der Waals surface area contributed by atoms with Gasteiger partial charge in [0.25, 0.3) is 0 Å². The number of para-hydroxylation sites is 1. The zero-order valence-corrected chi connectivity index (χ0v) is 9.22. The number of rotatable bonds is 3. The molecule has 0 atom stereocenters. The van der Waals surface area contributed by atoms with Crippen LogP contribution in [0.2, 0.25) is 0 Å². The van der Waals surface area contributed by atoms with Gasteiger partial charge in [-0.25, -0.2) is 4.57 Å². The Bertz CT molecular complexity index is 517. The Balaban J connectivity index is 2.67. The summed E-state index contributed by atoms with van der Waals surface area (Å²) >= 11 is 0. The molecule has 0 saturated carbocycles. The predicted octanol–water partition coefficient (Wildman–Crippen LogP) is 1.68. The summed E-state index contributed by atoms with van der Waals surface area (Å²) in [7, 11) is -0.776. The van der Waals surface area contributed by atoms with Crippen LogP contribution in [0, 0.1) is 0 Å². The molecule has 0 saturated heterocycles. The zero-order valence-electron chi connectivity index (χ0n) is 8.32. The molecule has 0 aliphatic rings. The van der Waals surface area contributed by atoms with Gasteiger partial charge in [-0.05, 0) is 12.1 Å². The topological polar surface area (TPSA) is 66.2 Å². The molecule has 15 heavy (non-hydrogen) atoms. The molecule has 2 aromatic rings. The summed E-state index contributed by atoms with van der Waals surface area (Å²) in [5.74, 6) is 0. The molecule has 0 fully saturated rings. The molecule has 0 amide bonds. The number of benzene rings is 1. The Morgan fingerprint density at radius 2 is 1.93 bits per heavy atom. The van der Waals surface area contributed by atoms with Gasteiger partial charge in [0.1, 0.15) is 11.0 Å². The molecule has 1 heterocycles. The Morgan fingerprint density at radius 3 is 2.60 bits per heavy atom. The summed E-state index contributed by atoms with van der Waals surface area (Å²) in [5.41, 5.74) is 1.26. The van der Waals surface area contributed by atoms with Gasteiger partial charge < -0.3 is 0 Å². The molecule has 0 spiro atoms. The van der Waals surface area contributed by atoms with Gasteiger partial charge in [-0.2, -0.15) is 0 Å². The van der Waals surface area contributed by atoms with E-state index < -0.39 is 7.75 Å². The molecule has 1 aromatic carbocycles. The maximum absolute atomic E-state index is 12.0. The molecule has 7 heteroatoms. The first-order valence-corrected chi connectivity index (χ1v) is 5.73. The summed E-state index contributed by atoms with van der Waals surface area (Å²) < 4.78 is 22.9. The minimum Gasteiger partial charge on any atom is -0.294 e. The summed E-state index contributed by atoms with van der Waals surface area (Å²) in [6.45, 7) is 0. The lowest BCUT2D eigenvalue weighted by Gasteiger charge is -2.12. The third-order valence-corrected chi connectivity index (χ3v) is 3.71. The van der Waals surface area contributed by atoms with Gasteiger partial charge in [0.05, 0.1) is 0 Å². The van der Waals surface area contributed by atoms with Crippen molar-refractivity contribution >= 4 is 18.8 Å². The summed E-state index contributed by atoms with van der Waals surface area (Å²) in [6, 6.07) is 7.15. The first-order chi connectivity index (χ1) is 7.21. The van der Waals surface area contributed by atoms with E-state index in [-0.39, 0.29) is 0 Å². The molecular formula is C8H10N3O3P. The average molecular weight is 227 g/mol. The van der Waals surface area contributed by atoms with E-state index >= 15 is 0 Å². The molecule has 0 unspecified atom stereocenters. The maximum Gasteiger partial charge on any atom is 0.456 e. The fraction of sp³-hybridized carbons (Fsp3) is 0.250. The molecule has 0 N–H and O–H groups in total. The number of fused-ring (bicyclic) bond motifs is 1. The molecule has 0 aliphatic heterocycles. The zero-order chi connectivity index (χ0) is 10.9. The molecule has 0 radical (unpaired) electrons. The fourth-order valence-corrected chi connectivity index (χ4v) is 2.30. The maximum atomic E-state index is 12.0. The first kappa shape index (κ1) is 10.3. The lowest BCUT2D eigenvalue weighted by atomic mass is 10.3. The van der Waals surface area contributed by atoms with Gasteiger partial charge in [-0.15, -0.1) is 9.55 Å². The predicted molar refractivity (Wildman–Crippen MR) is 54.6 cm³/mol. The molecule has 0 aliphatic carbocycles. The molecule has 0 bridgehead atoms. The van der Waals surface area contributed by atoms with Crippen LogP contribution in [0.4, 0.5) is 0 Å². The van der Waals surface area contributed by atoms with Gasteiger partial charge >= 0.3 is 7.75 Å². The van der Waals surface area contributed by atoms with Crippen LogP contribution < -0.4 is 0 Å². The number of aromatic nitrogens is 3. The van der Waals surface area contributed by atoms with E-state index in [4.69, 9.17) is 9.05 Å². The largest absolute Gasteiger partial charge is 0.456 e. The van der Waals surface area contributed by atoms with Gasteiger partial charge in [-0.3, -0.25) is 9.05 Å². The minimum atomic E-state index is -3.39. The normalized spacial score (nSPS) is 12.1. The van der Waals surface area contributed by atoms with E-state index in [0.717, 1.165) is 0 Å². The SMILES string of the molecule is COP(=O)(OC)n1nnc2ccccc21. The van der Waals surface area contributed by atoms with Crippen LogP contribution in [0.15, 0.2) is 24.3 Å². The second-order valence-corrected chi connectivity index (χ2v) is 4.85. The van der Waals surface area contributed by atoms with Crippen molar-refractivity contribution in [2.75, 3.05) is 14.2 Å².